The van der Waals surface area contributed by atoms with Gasteiger partial charge in [0.05, 0.1) is 33.9 Å². The van der Waals surface area contributed by atoms with Gasteiger partial charge in [-0.2, -0.15) is 0 Å². The number of piperazine rings is 1. The van der Waals surface area contributed by atoms with Crippen LogP contribution in [0.2, 0.25) is 0 Å². The fraction of sp³-hybridized carbons (Fsp3) is 0.469. The molecule has 0 aliphatic carbocycles. The number of anilines is 1. The molecule has 7 rings (SSSR count). The van der Waals surface area contributed by atoms with Crippen LogP contribution >= 0.6 is 0 Å². The van der Waals surface area contributed by atoms with Crippen molar-refractivity contribution in [3.05, 3.63) is 48.5 Å². The number of nitrogens with zero attached hydrogens (tertiary/aromatic N) is 6. The van der Waals surface area contributed by atoms with E-state index >= 15 is 0 Å². The summed E-state index contributed by atoms with van der Waals surface area (Å²) in [5.41, 5.74) is 5.67. The zero-order chi connectivity index (χ0) is 28.8. The molecule has 2 fully saturated rings. The largest absolute Gasteiger partial charge is 0.391 e. The molecule has 5 heterocycles. The molecule has 2 N–H and O–H groups in total. The van der Waals surface area contributed by atoms with E-state index in [1.165, 1.54) is 22.1 Å². The lowest BCUT2D eigenvalue weighted by Crippen LogP contribution is -2.55. The first-order valence-corrected chi connectivity index (χ1v) is 15.2. The van der Waals surface area contributed by atoms with Gasteiger partial charge >= 0.3 is 6.03 Å². The minimum absolute atomic E-state index is 0.145. The third-order valence-electron chi connectivity index (χ3n) is 9.19. The number of urea groups is 1. The standard InChI is InChI=1S/C32H39N7O3/c1-35-16-18-37(19-17-35)32(42)39-21-22(40)20-27(39)31(41)33-12-6-13-36-14-7-15-38-26-11-5-3-9-24(26)28-30(38)29(36)23-8-2-4-10-25(23)34-28/h2-5,8-11,22,27,40H,6-7,12-21H2,1H3,(H,33,41)/t22-,27?/m1/s1. The molecule has 42 heavy (non-hydrogen) atoms. The van der Waals surface area contributed by atoms with E-state index in [0.29, 0.717) is 19.6 Å². The molecule has 10 nitrogen and oxygen atoms in total. The van der Waals surface area contributed by atoms with Crippen molar-refractivity contribution < 1.29 is 14.7 Å². The average molecular weight is 570 g/mol. The summed E-state index contributed by atoms with van der Waals surface area (Å²) in [6.45, 7) is 6.28. The maximum Gasteiger partial charge on any atom is 0.320 e. The van der Waals surface area contributed by atoms with Gasteiger partial charge in [-0.25, -0.2) is 9.78 Å². The predicted molar refractivity (Wildman–Crippen MR) is 165 cm³/mol. The van der Waals surface area contributed by atoms with Gasteiger partial charge in [0.15, 0.2) is 0 Å². The van der Waals surface area contributed by atoms with E-state index in [1.54, 1.807) is 9.80 Å². The molecule has 2 aromatic heterocycles. The van der Waals surface area contributed by atoms with Crippen molar-refractivity contribution >= 4 is 50.5 Å². The lowest BCUT2D eigenvalue weighted by molar-refractivity contribution is -0.124. The van der Waals surface area contributed by atoms with Crippen LogP contribution in [0.5, 0.6) is 0 Å². The van der Waals surface area contributed by atoms with Crippen LogP contribution in [0, 0.1) is 0 Å². The second-order valence-electron chi connectivity index (χ2n) is 12.0. The van der Waals surface area contributed by atoms with Gasteiger partial charge in [0.25, 0.3) is 0 Å². The van der Waals surface area contributed by atoms with Crippen LogP contribution in [-0.4, -0.2) is 113 Å². The van der Waals surface area contributed by atoms with Crippen LogP contribution in [0.15, 0.2) is 48.5 Å². The summed E-state index contributed by atoms with van der Waals surface area (Å²) in [5, 5.41) is 15.8. The van der Waals surface area contributed by atoms with Gasteiger partial charge in [-0.15, -0.1) is 0 Å². The van der Waals surface area contributed by atoms with Crippen LogP contribution in [0.4, 0.5) is 10.5 Å². The lowest BCUT2D eigenvalue weighted by atomic mass is 10.1. The summed E-state index contributed by atoms with van der Waals surface area (Å²) in [7, 11) is 2.04. The van der Waals surface area contributed by atoms with Gasteiger partial charge in [-0.05, 0) is 32.0 Å². The number of hydrogen-bond donors (Lipinski definition) is 2. The van der Waals surface area contributed by atoms with Crippen molar-refractivity contribution in [2.75, 3.05) is 64.3 Å². The number of nitrogens with one attached hydrogen (secondary N) is 1. The fourth-order valence-corrected chi connectivity index (χ4v) is 7.02. The number of aliphatic hydroxyl groups excluding tert-OH is 1. The number of aliphatic hydroxyl groups is 1. The van der Waals surface area contributed by atoms with Gasteiger partial charge in [-0.3, -0.25) is 4.79 Å². The lowest BCUT2D eigenvalue weighted by Gasteiger charge is -2.36. The van der Waals surface area contributed by atoms with Crippen LogP contribution < -0.4 is 10.2 Å². The van der Waals surface area contributed by atoms with Crippen LogP contribution in [0.25, 0.3) is 32.8 Å². The highest BCUT2D eigenvalue weighted by Gasteiger charge is 2.40. The number of amides is 3. The SMILES string of the molecule is CN1CCN(C(=O)N2C[C@H](O)CC2C(=O)NCCCN2CCCn3c4ccccc4c4nc5ccccc5c2c43)CC1. The first-order valence-electron chi connectivity index (χ1n) is 15.2. The van der Waals surface area contributed by atoms with E-state index in [1.807, 2.05) is 13.1 Å². The van der Waals surface area contributed by atoms with Crippen molar-refractivity contribution in [1.29, 1.82) is 0 Å². The molecule has 0 bridgehead atoms. The highest BCUT2D eigenvalue weighted by Crippen LogP contribution is 2.40. The highest BCUT2D eigenvalue weighted by atomic mass is 16.3. The number of likely N-dealkylation sites (tertiary alicyclic amines) is 1. The molecule has 2 atom stereocenters. The third kappa shape index (κ3) is 4.72. The molecule has 0 spiro atoms. The number of aryl methyl sites for hydroxylation is 1. The summed E-state index contributed by atoms with van der Waals surface area (Å²) in [6.07, 6.45) is 1.39. The quantitative estimate of drug-likeness (QED) is 0.359. The van der Waals surface area contributed by atoms with E-state index in [0.717, 1.165) is 62.0 Å². The number of pyridine rings is 1. The molecule has 2 saturated heterocycles. The van der Waals surface area contributed by atoms with Gasteiger partial charge in [0, 0.05) is 76.1 Å². The second-order valence-corrected chi connectivity index (χ2v) is 12.0. The number of para-hydroxylation sites is 2. The zero-order valence-corrected chi connectivity index (χ0v) is 24.2. The first kappa shape index (κ1) is 27.0. The Morgan fingerprint density at radius 2 is 1.74 bits per heavy atom. The predicted octanol–water partition coefficient (Wildman–Crippen LogP) is 2.86. The molecule has 3 aliphatic rings. The number of aromatic nitrogens is 2. The Kier molecular flexibility index (Phi) is 7.11. The topological polar surface area (TPSA) is 97.2 Å². The monoisotopic (exact) mass is 569 g/mol. The second kappa shape index (κ2) is 11.1. The van der Waals surface area contributed by atoms with Crippen LogP contribution in [0.3, 0.4) is 0 Å². The Labute approximate surface area is 245 Å². The molecular formula is C32H39N7O3. The molecule has 10 heteroatoms. The first-order chi connectivity index (χ1) is 20.5. The van der Waals surface area contributed by atoms with E-state index in [-0.39, 0.29) is 24.9 Å². The van der Waals surface area contributed by atoms with Gasteiger partial charge in [0.2, 0.25) is 5.91 Å². The summed E-state index contributed by atoms with van der Waals surface area (Å²) in [6, 6.07) is 16.1. The van der Waals surface area contributed by atoms with Crippen molar-refractivity contribution in [3.8, 4) is 0 Å². The molecule has 3 aliphatic heterocycles. The molecule has 220 valence electrons. The van der Waals surface area contributed by atoms with E-state index in [9.17, 15) is 14.7 Å². The molecule has 0 radical (unpaired) electrons. The summed E-state index contributed by atoms with van der Waals surface area (Å²) in [5.74, 6) is -0.179. The maximum atomic E-state index is 13.3. The number of fused-ring (bicyclic) bond motifs is 5. The molecule has 3 amide bonds. The van der Waals surface area contributed by atoms with Crippen molar-refractivity contribution in [1.82, 2.24) is 29.6 Å². The molecule has 0 saturated carbocycles. The normalized spacial score (nSPS) is 21.4. The minimum atomic E-state index is -0.677. The Hall–Kier alpha value is -3.89. The van der Waals surface area contributed by atoms with Crippen LogP contribution in [0.1, 0.15) is 19.3 Å². The number of likely N-dealkylation sites (N-methyl/N-ethyl adjacent to an activating group) is 1. The number of benzene rings is 2. The Bertz CT molecular complexity index is 1640. The molecule has 2 aromatic carbocycles. The maximum absolute atomic E-state index is 13.3. The van der Waals surface area contributed by atoms with Gasteiger partial charge in [-0.1, -0.05) is 36.4 Å². The number of hydrogen-bond acceptors (Lipinski definition) is 6. The Morgan fingerprint density at radius 1 is 0.976 bits per heavy atom. The summed E-state index contributed by atoms with van der Waals surface area (Å²) in [4.78, 5) is 39.6. The van der Waals surface area contributed by atoms with Gasteiger partial charge in [0.1, 0.15) is 6.04 Å². The number of β-amino-alcohol motifs (C(OH)–C–C–N with tert-alkyl or cyclic N) is 1. The molecule has 4 aromatic rings. The molecule has 1 unspecified atom stereocenters. The fourth-order valence-electron chi connectivity index (χ4n) is 7.02. The van der Waals surface area contributed by atoms with Gasteiger partial charge < -0.3 is 34.6 Å². The summed E-state index contributed by atoms with van der Waals surface area (Å²) >= 11 is 0. The van der Waals surface area contributed by atoms with Crippen LogP contribution in [-0.2, 0) is 11.3 Å². The Balaban J connectivity index is 1.07. The van der Waals surface area contributed by atoms with E-state index in [4.69, 9.17) is 4.98 Å². The van der Waals surface area contributed by atoms with Crippen molar-refractivity contribution in [2.45, 2.75) is 38.0 Å². The Morgan fingerprint density at radius 3 is 2.57 bits per heavy atom. The van der Waals surface area contributed by atoms with E-state index < -0.39 is 12.1 Å². The van der Waals surface area contributed by atoms with E-state index in [2.05, 4.69) is 62.1 Å². The average Bonchev–Trinajstić information content (AvgIpc) is 3.48. The molecular weight excluding hydrogens is 530 g/mol. The smallest absolute Gasteiger partial charge is 0.320 e. The minimum Gasteiger partial charge on any atom is -0.391 e. The number of rotatable bonds is 5. The van der Waals surface area contributed by atoms with Crippen molar-refractivity contribution in [3.63, 3.8) is 0 Å². The van der Waals surface area contributed by atoms with Crippen molar-refractivity contribution in [2.24, 2.45) is 0 Å². The third-order valence-corrected chi connectivity index (χ3v) is 9.19. The summed E-state index contributed by atoms with van der Waals surface area (Å²) < 4.78 is 2.43. The zero-order valence-electron chi connectivity index (χ0n) is 24.2. The highest BCUT2D eigenvalue weighted by molar-refractivity contribution is 6.16. The number of carbonyl (C=O) groups excluding carboxylic acids is 2. The number of carbonyl (C=O) groups is 2.